The molecule has 1 atom stereocenters. The van der Waals surface area contributed by atoms with E-state index in [0.717, 1.165) is 32.5 Å². The number of aromatic nitrogens is 2. The van der Waals surface area contributed by atoms with Gasteiger partial charge in [0.1, 0.15) is 0 Å². The SMILES string of the molecule is CCCn1ccnc(N2CCC(CN)C2)c1=O. The molecule has 0 bridgehead atoms. The minimum atomic E-state index is 0.0204. The van der Waals surface area contributed by atoms with Gasteiger partial charge in [-0.25, -0.2) is 4.98 Å². The Hall–Kier alpha value is -1.36. The Bertz CT molecular complexity index is 429. The van der Waals surface area contributed by atoms with Crippen molar-refractivity contribution in [1.82, 2.24) is 9.55 Å². The minimum absolute atomic E-state index is 0.0204. The standard InChI is InChI=1S/C12H20N4O/c1-2-5-15-7-4-14-11(12(15)17)16-6-3-10(8-13)9-16/h4,7,10H,2-3,5-6,8-9,13H2,1H3. The predicted molar refractivity (Wildman–Crippen MR) is 68.2 cm³/mol. The van der Waals surface area contributed by atoms with E-state index >= 15 is 0 Å². The number of anilines is 1. The molecule has 0 saturated carbocycles. The van der Waals surface area contributed by atoms with E-state index in [2.05, 4.69) is 16.8 Å². The summed E-state index contributed by atoms with van der Waals surface area (Å²) in [5.41, 5.74) is 5.68. The van der Waals surface area contributed by atoms with Crippen molar-refractivity contribution in [1.29, 1.82) is 0 Å². The van der Waals surface area contributed by atoms with Crippen molar-refractivity contribution in [3.8, 4) is 0 Å². The third kappa shape index (κ3) is 2.49. The highest BCUT2D eigenvalue weighted by Gasteiger charge is 2.24. The molecule has 1 unspecified atom stereocenters. The molecule has 0 aliphatic carbocycles. The second-order valence-electron chi connectivity index (χ2n) is 4.59. The predicted octanol–water partition coefficient (Wildman–Crippen LogP) is 0.438. The van der Waals surface area contributed by atoms with E-state index in [1.807, 2.05) is 0 Å². The second kappa shape index (κ2) is 5.31. The van der Waals surface area contributed by atoms with Gasteiger partial charge in [-0.15, -0.1) is 0 Å². The van der Waals surface area contributed by atoms with Crippen LogP contribution in [0.2, 0.25) is 0 Å². The maximum atomic E-state index is 12.2. The van der Waals surface area contributed by atoms with E-state index in [4.69, 9.17) is 5.73 Å². The van der Waals surface area contributed by atoms with Crippen molar-refractivity contribution in [3.63, 3.8) is 0 Å². The third-order valence-corrected chi connectivity index (χ3v) is 3.28. The van der Waals surface area contributed by atoms with Crippen LogP contribution in [0.15, 0.2) is 17.2 Å². The first-order valence-corrected chi connectivity index (χ1v) is 6.26. The zero-order chi connectivity index (χ0) is 12.3. The molecule has 5 heteroatoms. The molecule has 0 amide bonds. The topological polar surface area (TPSA) is 64.2 Å². The molecule has 0 radical (unpaired) electrons. The molecule has 1 aromatic heterocycles. The van der Waals surface area contributed by atoms with Crippen LogP contribution in [0.3, 0.4) is 0 Å². The molecule has 1 aliphatic heterocycles. The molecule has 0 spiro atoms. The number of hydrogen-bond acceptors (Lipinski definition) is 4. The number of nitrogens with zero attached hydrogens (tertiary/aromatic N) is 3. The molecule has 0 aromatic carbocycles. The van der Waals surface area contributed by atoms with Gasteiger partial charge in [-0.1, -0.05) is 6.92 Å². The van der Waals surface area contributed by atoms with Crippen LogP contribution in [0.25, 0.3) is 0 Å². The number of rotatable bonds is 4. The fourth-order valence-corrected chi connectivity index (χ4v) is 2.29. The van der Waals surface area contributed by atoms with Gasteiger partial charge < -0.3 is 15.2 Å². The molecule has 2 rings (SSSR count). The molecule has 94 valence electrons. The van der Waals surface area contributed by atoms with Crippen molar-refractivity contribution in [2.24, 2.45) is 11.7 Å². The summed E-state index contributed by atoms with van der Waals surface area (Å²) in [5.74, 6) is 1.08. The van der Waals surface area contributed by atoms with Crippen molar-refractivity contribution in [2.75, 3.05) is 24.5 Å². The highest BCUT2D eigenvalue weighted by atomic mass is 16.1. The Kier molecular flexibility index (Phi) is 3.78. The molecular formula is C12H20N4O. The molecular weight excluding hydrogens is 216 g/mol. The smallest absolute Gasteiger partial charge is 0.293 e. The van der Waals surface area contributed by atoms with Gasteiger partial charge >= 0.3 is 0 Å². The lowest BCUT2D eigenvalue weighted by atomic mass is 10.1. The van der Waals surface area contributed by atoms with Crippen LogP contribution >= 0.6 is 0 Å². The first kappa shape index (κ1) is 12.1. The molecule has 5 nitrogen and oxygen atoms in total. The van der Waals surface area contributed by atoms with Gasteiger partial charge in [-0.2, -0.15) is 0 Å². The molecule has 1 fully saturated rings. The van der Waals surface area contributed by atoms with Crippen LogP contribution in [-0.4, -0.2) is 29.2 Å². The van der Waals surface area contributed by atoms with E-state index in [0.29, 0.717) is 18.3 Å². The molecule has 1 aromatic rings. The zero-order valence-electron chi connectivity index (χ0n) is 10.3. The maximum Gasteiger partial charge on any atom is 0.293 e. The molecule has 1 aliphatic rings. The maximum absolute atomic E-state index is 12.2. The van der Waals surface area contributed by atoms with Crippen LogP contribution in [0.4, 0.5) is 5.82 Å². The van der Waals surface area contributed by atoms with Crippen LogP contribution in [0.1, 0.15) is 19.8 Å². The van der Waals surface area contributed by atoms with Gasteiger partial charge in [-0.05, 0) is 25.3 Å². The van der Waals surface area contributed by atoms with Gasteiger partial charge in [0.15, 0.2) is 5.82 Å². The average Bonchev–Trinajstić information content (AvgIpc) is 2.80. The molecule has 2 N–H and O–H groups in total. The fraction of sp³-hybridized carbons (Fsp3) is 0.667. The Morgan fingerprint density at radius 3 is 3.06 bits per heavy atom. The van der Waals surface area contributed by atoms with Crippen LogP contribution in [0, 0.1) is 5.92 Å². The summed E-state index contributed by atoms with van der Waals surface area (Å²) >= 11 is 0. The van der Waals surface area contributed by atoms with Gasteiger partial charge in [-0.3, -0.25) is 4.79 Å². The lowest BCUT2D eigenvalue weighted by molar-refractivity contribution is 0.600. The van der Waals surface area contributed by atoms with Crippen LogP contribution < -0.4 is 16.2 Å². The summed E-state index contributed by atoms with van der Waals surface area (Å²) in [4.78, 5) is 18.5. The summed E-state index contributed by atoms with van der Waals surface area (Å²) in [6, 6.07) is 0. The Morgan fingerprint density at radius 1 is 1.59 bits per heavy atom. The number of hydrogen-bond donors (Lipinski definition) is 1. The van der Waals surface area contributed by atoms with E-state index < -0.39 is 0 Å². The van der Waals surface area contributed by atoms with Crippen LogP contribution in [0.5, 0.6) is 0 Å². The minimum Gasteiger partial charge on any atom is -0.352 e. The summed E-state index contributed by atoms with van der Waals surface area (Å²) in [6.45, 7) is 5.25. The fourth-order valence-electron chi connectivity index (χ4n) is 2.29. The highest BCUT2D eigenvalue weighted by molar-refractivity contribution is 5.37. The van der Waals surface area contributed by atoms with Crippen LogP contribution in [-0.2, 0) is 6.54 Å². The Morgan fingerprint density at radius 2 is 2.41 bits per heavy atom. The van der Waals surface area contributed by atoms with Gasteiger partial charge in [0.25, 0.3) is 5.56 Å². The quantitative estimate of drug-likeness (QED) is 0.824. The van der Waals surface area contributed by atoms with Crippen molar-refractivity contribution >= 4 is 5.82 Å². The molecule has 2 heterocycles. The number of nitrogens with two attached hydrogens (primary N) is 1. The summed E-state index contributed by atoms with van der Waals surface area (Å²) < 4.78 is 1.73. The van der Waals surface area contributed by atoms with E-state index in [1.54, 1.807) is 17.0 Å². The second-order valence-corrected chi connectivity index (χ2v) is 4.59. The van der Waals surface area contributed by atoms with Crippen molar-refractivity contribution in [3.05, 3.63) is 22.7 Å². The summed E-state index contributed by atoms with van der Waals surface area (Å²) in [6.07, 6.45) is 5.48. The average molecular weight is 236 g/mol. The Labute approximate surface area is 101 Å². The van der Waals surface area contributed by atoms with Crippen molar-refractivity contribution < 1.29 is 0 Å². The Balaban J connectivity index is 2.22. The van der Waals surface area contributed by atoms with Gasteiger partial charge in [0.05, 0.1) is 0 Å². The molecule has 1 saturated heterocycles. The van der Waals surface area contributed by atoms with Crippen molar-refractivity contribution in [2.45, 2.75) is 26.3 Å². The number of aryl methyl sites for hydroxylation is 1. The first-order valence-electron chi connectivity index (χ1n) is 6.26. The first-order chi connectivity index (χ1) is 8.26. The van der Waals surface area contributed by atoms with E-state index in [-0.39, 0.29) is 5.56 Å². The zero-order valence-corrected chi connectivity index (χ0v) is 10.3. The van der Waals surface area contributed by atoms with E-state index in [9.17, 15) is 4.79 Å². The summed E-state index contributed by atoms with van der Waals surface area (Å²) in [7, 11) is 0. The highest BCUT2D eigenvalue weighted by Crippen LogP contribution is 2.18. The van der Waals surface area contributed by atoms with E-state index in [1.165, 1.54) is 0 Å². The normalized spacial score (nSPS) is 19.9. The monoisotopic (exact) mass is 236 g/mol. The lowest BCUT2D eigenvalue weighted by Gasteiger charge is -2.17. The largest absolute Gasteiger partial charge is 0.352 e. The summed E-state index contributed by atoms with van der Waals surface area (Å²) in [5, 5.41) is 0. The van der Waals surface area contributed by atoms with Gasteiger partial charge in [0, 0.05) is 32.0 Å². The lowest BCUT2D eigenvalue weighted by Crippen LogP contribution is -2.32. The molecule has 17 heavy (non-hydrogen) atoms. The van der Waals surface area contributed by atoms with Gasteiger partial charge in [0.2, 0.25) is 0 Å². The third-order valence-electron chi connectivity index (χ3n) is 3.28.